The Morgan fingerprint density at radius 3 is 1.87 bits per heavy atom. The summed E-state index contributed by atoms with van der Waals surface area (Å²) >= 11 is 0. The lowest BCUT2D eigenvalue weighted by Crippen LogP contribution is -2.39. The summed E-state index contributed by atoms with van der Waals surface area (Å²) < 4.78 is 10.4. The molecule has 242 valence electrons. The molecule has 3 aromatic rings. The average molecular weight is 614 g/mol. The Bertz CT molecular complexity index is 1300. The second-order valence-corrected chi connectivity index (χ2v) is 12.5. The summed E-state index contributed by atoms with van der Waals surface area (Å²) in [4.78, 5) is 25.5. The first-order valence-electron chi connectivity index (χ1n) is 16.8. The van der Waals surface area contributed by atoms with Crippen LogP contribution in [-0.2, 0) is 17.6 Å². The topological polar surface area (TPSA) is 84.9 Å². The van der Waals surface area contributed by atoms with Gasteiger partial charge in [0.05, 0.1) is 26.4 Å². The van der Waals surface area contributed by atoms with E-state index in [9.17, 15) is 14.7 Å². The van der Waals surface area contributed by atoms with E-state index in [0.29, 0.717) is 37.2 Å². The number of carbonyl (C=O) groups excluding carboxylic acids is 2. The lowest BCUT2D eigenvalue weighted by atomic mass is 9.92. The van der Waals surface area contributed by atoms with Crippen LogP contribution < -0.4 is 14.8 Å². The summed E-state index contributed by atoms with van der Waals surface area (Å²) in [5.41, 5.74) is 4.09. The summed E-state index contributed by atoms with van der Waals surface area (Å²) in [7, 11) is 3.29. The molecule has 3 aromatic carbocycles. The Balaban J connectivity index is 1.23. The van der Waals surface area contributed by atoms with Gasteiger partial charge in [-0.05, 0) is 110 Å². The van der Waals surface area contributed by atoms with Gasteiger partial charge in [-0.1, -0.05) is 62.1 Å². The summed E-state index contributed by atoms with van der Waals surface area (Å²) in [5.74, 6) is 2.30. The van der Waals surface area contributed by atoms with Gasteiger partial charge in [-0.3, -0.25) is 9.59 Å². The first-order chi connectivity index (χ1) is 21.9. The number of unbranched alkanes of at least 4 members (excludes halogenated alkanes) is 2. The van der Waals surface area contributed by atoms with Gasteiger partial charge in [-0.25, -0.2) is 0 Å². The second-order valence-electron chi connectivity index (χ2n) is 12.5. The van der Waals surface area contributed by atoms with Crippen molar-refractivity contribution in [2.45, 2.75) is 102 Å². The van der Waals surface area contributed by atoms with Crippen LogP contribution in [0.5, 0.6) is 11.5 Å². The molecule has 1 amide bonds. The molecule has 0 spiro atoms. The predicted molar refractivity (Wildman–Crippen MR) is 180 cm³/mol. The molecule has 6 nitrogen and oxygen atoms in total. The van der Waals surface area contributed by atoms with E-state index in [2.05, 4.69) is 29.6 Å². The van der Waals surface area contributed by atoms with Crippen LogP contribution in [0.1, 0.15) is 110 Å². The number of aliphatic hydroxyl groups excluding tert-OH is 1. The molecule has 0 heterocycles. The van der Waals surface area contributed by atoms with Gasteiger partial charge >= 0.3 is 0 Å². The largest absolute Gasteiger partial charge is 0.497 e. The van der Waals surface area contributed by atoms with Gasteiger partial charge in [-0.2, -0.15) is 0 Å². The normalized spacial score (nSPS) is 14.6. The van der Waals surface area contributed by atoms with Crippen LogP contribution in [0.15, 0.2) is 72.8 Å². The quantitative estimate of drug-likeness (QED) is 0.105. The molecule has 0 bridgehead atoms. The number of methoxy groups -OCH3 is 2. The molecule has 0 radical (unpaired) electrons. The van der Waals surface area contributed by atoms with E-state index in [1.54, 1.807) is 38.5 Å². The van der Waals surface area contributed by atoms with Crippen LogP contribution in [-0.4, -0.2) is 37.1 Å². The monoisotopic (exact) mass is 613 g/mol. The van der Waals surface area contributed by atoms with Crippen LogP contribution in [0.4, 0.5) is 0 Å². The number of hydrogen-bond acceptors (Lipinski definition) is 5. The number of aliphatic hydroxyl groups is 1. The SMILES string of the molecule is COc1ccc(CCCCc2ccc(C(O)C(CCC3CCCC3)NC(=O)CCCCC(=O)c3ccc(OC)cc3)cc2)cc1. The molecule has 4 rings (SSSR count). The van der Waals surface area contributed by atoms with Gasteiger partial charge in [0.15, 0.2) is 5.78 Å². The first-order valence-corrected chi connectivity index (χ1v) is 16.8. The number of amides is 1. The van der Waals surface area contributed by atoms with Crippen molar-refractivity contribution in [1.29, 1.82) is 0 Å². The van der Waals surface area contributed by atoms with Crippen molar-refractivity contribution in [2.24, 2.45) is 5.92 Å². The summed E-state index contributed by atoms with van der Waals surface area (Å²) in [6, 6.07) is 23.3. The van der Waals surface area contributed by atoms with E-state index < -0.39 is 6.10 Å². The number of ketones is 1. The Kier molecular flexibility index (Phi) is 14.0. The molecule has 45 heavy (non-hydrogen) atoms. The third-order valence-electron chi connectivity index (χ3n) is 9.22. The standard InChI is InChI=1S/C39H51NO5/c1-44-34-24-17-31(18-25-34)12-6-5-11-30-15-20-33(21-16-30)39(43)36(28-19-29-9-3-4-10-29)40-38(42)14-8-7-13-37(41)32-22-26-35(45-2)27-23-32/h15-18,20-27,29,36,39,43H,3-14,19,28H2,1-2H3,(H,40,42). The van der Waals surface area contributed by atoms with Gasteiger partial charge in [0, 0.05) is 18.4 Å². The van der Waals surface area contributed by atoms with Gasteiger partial charge in [0.2, 0.25) is 5.91 Å². The predicted octanol–water partition coefficient (Wildman–Crippen LogP) is 8.20. The van der Waals surface area contributed by atoms with Gasteiger partial charge in [0.1, 0.15) is 11.5 Å². The molecule has 6 heteroatoms. The molecule has 0 aliphatic heterocycles. The van der Waals surface area contributed by atoms with Crippen molar-refractivity contribution in [3.05, 3.63) is 95.1 Å². The van der Waals surface area contributed by atoms with Gasteiger partial charge < -0.3 is 19.9 Å². The molecule has 1 aliphatic carbocycles. The van der Waals surface area contributed by atoms with E-state index in [4.69, 9.17) is 9.47 Å². The lowest BCUT2D eigenvalue weighted by Gasteiger charge is -2.26. The van der Waals surface area contributed by atoms with Crippen LogP contribution in [0.25, 0.3) is 0 Å². The maximum Gasteiger partial charge on any atom is 0.220 e. The zero-order valence-corrected chi connectivity index (χ0v) is 27.1. The van der Waals surface area contributed by atoms with Gasteiger partial charge in [-0.15, -0.1) is 0 Å². The molecule has 1 saturated carbocycles. The molecular weight excluding hydrogens is 562 g/mol. The number of hydrogen-bond donors (Lipinski definition) is 2. The van der Waals surface area contributed by atoms with E-state index in [0.717, 1.165) is 55.6 Å². The number of ether oxygens (including phenoxy) is 2. The lowest BCUT2D eigenvalue weighted by molar-refractivity contribution is -0.122. The fraction of sp³-hybridized carbons (Fsp3) is 0.487. The fourth-order valence-corrected chi connectivity index (χ4v) is 6.36. The van der Waals surface area contributed by atoms with E-state index in [1.165, 1.54) is 36.8 Å². The minimum atomic E-state index is -0.754. The minimum absolute atomic E-state index is 0.0594. The van der Waals surface area contributed by atoms with E-state index >= 15 is 0 Å². The summed E-state index contributed by atoms with van der Waals surface area (Å²) in [5, 5.41) is 14.6. The van der Waals surface area contributed by atoms with Crippen LogP contribution >= 0.6 is 0 Å². The van der Waals surface area contributed by atoms with Crippen molar-refractivity contribution in [3.8, 4) is 11.5 Å². The highest BCUT2D eigenvalue weighted by atomic mass is 16.5. The van der Waals surface area contributed by atoms with E-state index in [1.807, 2.05) is 24.3 Å². The molecule has 2 N–H and O–H groups in total. The zero-order valence-electron chi connectivity index (χ0n) is 27.1. The fourth-order valence-electron chi connectivity index (χ4n) is 6.36. The number of Topliss-reactive ketones (excluding diaryl/α,β-unsaturated/α-hetero) is 1. The number of aryl methyl sites for hydroxylation is 2. The highest BCUT2D eigenvalue weighted by molar-refractivity contribution is 5.96. The molecule has 2 atom stereocenters. The highest BCUT2D eigenvalue weighted by Crippen LogP contribution is 2.31. The van der Waals surface area contributed by atoms with Crippen LogP contribution in [0, 0.1) is 5.92 Å². The number of rotatable bonds is 19. The molecule has 1 aliphatic rings. The molecule has 2 unspecified atom stereocenters. The smallest absolute Gasteiger partial charge is 0.220 e. The maximum absolute atomic E-state index is 13.0. The minimum Gasteiger partial charge on any atom is -0.497 e. The van der Waals surface area contributed by atoms with Crippen LogP contribution in [0.2, 0.25) is 0 Å². The number of nitrogens with one attached hydrogen (secondary N) is 1. The Morgan fingerprint density at radius 1 is 0.756 bits per heavy atom. The Hall–Kier alpha value is -3.64. The molecular formula is C39H51NO5. The van der Waals surface area contributed by atoms with Gasteiger partial charge in [0.25, 0.3) is 0 Å². The average Bonchev–Trinajstić information content (AvgIpc) is 3.61. The van der Waals surface area contributed by atoms with Crippen LogP contribution in [0.3, 0.4) is 0 Å². The molecule has 0 saturated heterocycles. The molecule has 1 fully saturated rings. The van der Waals surface area contributed by atoms with Crippen molar-refractivity contribution >= 4 is 11.7 Å². The number of carbonyl (C=O) groups is 2. The first kappa shape index (κ1) is 34.2. The third kappa shape index (κ3) is 11.3. The van der Waals surface area contributed by atoms with Crippen molar-refractivity contribution in [1.82, 2.24) is 5.32 Å². The van der Waals surface area contributed by atoms with Crippen molar-refractivity contribution in [2.75, 3.05) is 14.2 Å². The number of benzene rings is 3. The summed E-state index contributed by atoms with van der Waals surface area (Å²) in [6.07, 6.45) is 12.3. The zero-order chi connectivity index (χ0) is 31.9. The molecule has 0 aromatic heterocycles. The van der Waals surface area contributed by atoms with Crippen molar-refractivity contribution in [3.63, 3.8) is 0 Å². The van der Waals surface area contributed by atoms with Crippen molar-refractivity contribution < 1.29 is 24.2 Å². The highest BCUT2D eigenvalue weighted by Gasteiger charge is 2.25. The summed E-state index contributed by atoms with van der Waals surface area (Å²) in [6.45, 7) is 0. The maximum atomic E-state index is 13.0. The van der Waals surface area contributed by atoms with E-state index in [-0.39, 0.29) is 17.7 Å². The third-order valence-corrected chi connectivity index (χ3v) is 9.22. The Labute approximate surface area is 269 Å². The second kappa shape index (κ2) is 18.4. The Morgan fingerprint density at radius 2 is 1.29 bits per heavy atom.